The summed E-state index contributed by atoms with van der Waals surface area (Å²) in [6.45, 7) is 6.26. The first-order valence-electron chi connectivity index (χ1n) is 8.28. The third-order valence-corrected chi connectivity index (χ3v) is 4.34. The van der Waals surface area contributed by atoms with Crippen molar-refractivity contribution in [2.24, 2.45) is 0 Å². The Labute approximate surface area is 146 Å². The van der Waals surface area contributed by atoms with Gasteiger partial charge in [-0.15, -0.1) is 0 Å². The molecule has 0 saturated carbocycles. The number of hydrogen-bond donors (Lipinski definition) is 1. The highest BCUT2D eigenvalue weighted by molar-refractivity contribution is 5.95. The molecule has 0 atom stereocenters. The highest BCUT2D eigenvalue weighted by Crippen LogP contribution is 2.18. The van der Waals surface area contributed by atoms with E-state index < -0.39 is 0 Å². The van der Waals surface area contributed by atoms with Crippen LogP contribution in [0.3, 0.4) is 0 Å². The van der Waals surface area contributed by atoms with Crippen molar-refractivity contribution in [3.63, 3.8) is 0 Å². The van der Waals surface area contributed by atoms with E-state index in [9.17, 15) is 9.59 Å². The van der Waals surface area contributed by atoms with E-state index >= 15 is 0 Å². The Morgan fingerprint density at radius 3 is 2.60 bits per heavy atom. The van der Waals surface area contributed by atoms with E-state index in [0.717, 1.165) is 27.7 Å². The number of fused-ring (bicyclic) bond motifs is 1. The molecular formula is C20H21N3O2. The average molecular weight is 335 g/mol. The molecule has 0 spiro atoms. The molecule has 0 radical (unpaired) electrons. The van der Waals surface area contributed by atoms with Crippen LogP contribution in [0.4, 0.5) is 0 Å². The Hall–Kier alpha value is -2.95. The summed E-state index contributed by atoms with van der Waals surface area (Å²) < 4.78 is 1.56. The number of hydrogen-bond acceptors (Lipinski definition) is 3. The number of nitrogens with one attached hydrogen (secondary N) is 1. The van der Waals surface area contributed by atoms with Gasteiger partial charge in [0.2, 0.25) is 5.91 Å². The molecule has 3 rings (SSSR count). The number of benzene rings is 2. The van der Waals surface area contributed by atoms with Gasteiger partial charge in [0, 0.05) is 18.5 Å². The first-order valence-corrected chi connectivity index (χ1v) is 8.28. The smallest absolute Gasteiger partial charge is 0.251 e. The van der Waals surface area contributed by atoms with E-state index in [4.69, 9.17) is 0 Å². The standard InChI is InChI=1S/C20H21N3O2/c1-13-5-4-6-16(9-13)20(25)21-8-7-19(24)23-12-22-17-10-14(2)15(3)11-18(17)23/h4-6,9-12H,7-8H2,1-3H3,(H,21,25). The van der Waals surface area contributed by atoms with Gasteiger partial charge in [-0.1, -0.05) is 17.7 Å². The third-order valence-electron chi connectivity index (χ3n) is 4.34. The van der Waals surface area contributed by atoms with Crippen LogP contribution < -0.4 is 5.32 Å². The number of amides is 1. The predicted molar refractivity (Wildman–Crippen MR) is 98.0 cm³/mol. The van der Waals surface area contributed by atoms with Crippen LogP contribution in [0.2, 0.25) is 0 Å². The zero-order valence-corrected chi connectivity index (χ0v) is 14.7. The number of imidazole rings is 1. The van der Waals surface area contributed by atoms with E-state index in [-0.39, 0.29) is 24.8 Å². The summed E-state index contributed by atoms with van der Waals surface area (Å²) in [6, 6.07) is 11.3. The minimum atomic E-state index is -0.168. The van der Waals surface area contributed by atoms with Gasteiger partial charge in [0.15, 0.2) is 0 Å². The van der Waals surface area contributed by atoms with Crippen LogP contribution in [-0.2, 0) is 0 Å². The lowest BCUT2D eigenvalue weighted by Gasteiger charge is -2.07. The van der Waals surface area contributed by atoms with Crippen molar-refractivity contribution in [3.8, 4) is 0 Å². The molecule has 25 heavy (non-hydrogen) atoms. The molecule has 3 aromatic rings. The van der Waals surface area contributed by atoms with Crippen molar-refractivity contribution in [1.29, 1.82) is 0 Å². The minimum Gasteiger partial charge on any atom is -0.352 e. The number of rotatable bonds is 4. The second-order valence-corrected chi connectivity index (χ2v) is 6.31. The normalized spacial score (nSPS) is 10.8. The fourth-order valence-corrected chi connectivity index (χ4v) is 2.75. The largest absolute Gasteiger partial charge is 0.352 e. The van der Waals surface area contributed by atoms with Crippen LogP contribution in [0.15, 0.2) is 42.7 Å². The van der Waals surface area contributed by atoms with Crippen LogP contribution in [0.1, 0.15) is 38.3 Å². The first-order chi connectivity index (χ1) is 12.0. The van der Waals surface area contributed by atoms with Crippen LogP contribution in [-0.4, -0.2) is 27.9 Å². The zero-order chi connectivity index (χ0) is 18.0. The summed E-state index contributed by atoms with van der Waals surface area (Å²) in [5, 5.41) is 2.79. The van der Waals surface area contributed by atoms with E-state index in [1.54, 1.807) is 17.0 Å². The van der Waals surface area contributed by atoms with Gasteiger partial charge in [-0.2, -0.15) is 0 Å². The van der Waals surface area contributed by atoms with E-state index in [0.29, 0.717) is 5.56 Å². The molecule has 1 aromatic heterocycles. The van der Waals surface area contributed by atoms with E-state index in [1.807, 2.05) is 51.1 Å². The molecule has 0 bridgehead atoms. The van der Waals surface area contributed by atoms with Crippen molar-refractivity contribution < 1.29 is 9.59 Å². The highest BCUT2D eigenvalue weighted by Gasteiger charge is 2.12. The summed E-state index contributed by atoms with van der Waals surface area (Å²) in [4.78, 5) is 28.9. The summed E-state index contributed by atoms with van der Waals surface area (Å²) in [5.74, 6) is -0.256. The fourth-order valence-electron chi connectivity index (χ4n) is 2.75. The van der Waals surface area contributed by atoms with Gasteiger partial charge in [-0.25, -0.2) is 4.98 Å². The van der Waals surface area contributed by atoms with Crippen molar-refractivity contribution in [1.82, 2.24) is 14.9 Å². The summed E-state index contributed by atoms with van der Waals surface area (Å²) in [6.07, 6.45) is 1.77. The van der Waals surface area contributed by atoms with Gasteiger partial charge in [-0.3, -0.25) is 14.2 Å². The maximum atomic E-state index is 12.5. The van der Waals surface area contributed by atoms with Gasteiger partial charge < -0.3 is 5.32 Å². The first kappa shape index (κ1) is 16.9. The minimum absolute atomic E-state index is 0.0877. The molecule has 1 heterocycles. The van der Waals surface area contributed by atoms with E-state index in [1.165, 1.54) is 0 Å². The van der Waals surface area contributed by atoms with Crippen molar-refractivity contribution >= 4 is 22.8 Å². The van der Waals surface area contributed by atoms with Crippen molar-refractivity contribution in [2.75, 3.05) is 6.54 Å². The maximum Gasteiger partial charge on any atom is 0.251 e. The Morgan fingerprint density at radius 1 is 1.08 bits per heavy atom. The maximum absolute atomic E-state index is 12.5. The lowest BCUT2D eigenvalue weighted by Crippen LogP contribution is -2.27. The SMILES string of the molecule is Cc1cccc(C(=O)NCCC(=O)n2cnc3cc(C)c(C)cc32)c1. The molecule has 0 saturated heterocycles. The number of aryl methyl sites for hydroxylation is 3. The van der Waals surface area contributed by atoms with Gasteiger partial charge in [-0.05, 0) is 56.2 Å². The zero-order valence-electron chi connectivity index (χ0n) is 14.7. The van der Waals surface area contributed by atoms with Crippen LogP contribution >= 0.6 is 0 Å². The summed E-state index contributed by atoms with van der Waals surface area (Å²) in [7, 11) is 0. The number of nitrogens with zero attached hydrogens (tertiary/aromatic N) is 2. The Kier molecular flexibility index (Phi) is 4.65. The van der Waals surface area contributed by atoms with Crippen molar-refractivity contribution in [2.45, 2.75) is 27.2 Å². The molecule has 0 aliphatic heterocycles. The Morgan fingerprint density at radius 2 is 1.84 bits per heavy atom. The molecule has 5 heteroatoms. The van der Waals surface area contributed by atoms with Crippen LogP contribution in [0.5, 0.6) is 0 Å². The molecule has 1 N–H and O–H groups in total. The number of aromatic nitrogens is 2. The van der Waals surface area contributed by atoms with Gasteiger partial charge in [0.1, 0.15) is 6.33 Å². The molecule has 5 nitrogen and oxygen atoms in total. The topological polar surface area (TPSA) is 64.0 Å². The third kappa shape index (κ3) is 3.60. The van der Waals surface area contributed by atoms with Gasteiger partial charge in [0.25, 0.3) is 5.91 Å². The second kappa shape index (κ2) is 6.89. The molecular weight excluding hydrogens is 314 g/mol. The molecule has 0 unspecified atom stereocenters. The monoisotopic (exact) mass is 335 g/mol. The molecule has 0 aliphatic rings. The molecule has 128 valence electrons. The quantitative estimate of drug-likeness (QED) is 0.794. The Balaban J connectivity index is 1.65. The van der Waals surface area contributed by atoms with Crippen LogP contribution in [0, 0.1) is 20.8 Å². The molecule has 1 amide bonds. The molecule has 0 aliphatic carbocycles. The lowest BCUT2D eigenvalue weighted by molar-refractivity contribution is 0.0897. The molecule has 2 aromatic carbocycles. The van der Waals surface area contributed by atoms with Gasteiger partial charge >= 0.3 is 0 Å². The fraction of sp³-hybridized carbons (Fsp3) is 0.250. The van der Waals surface area contributed by atoms with E-state index in [2.05, 4.69) is 10.3 Å². The average Bonchev–Trinajstić information content (AvgIpc) is 2.97. The number of carbonyl (C=O) groups excluding carboxylic acids is 2. The Bertz CT molecular complexity index is 957. The summed E-state index contributed by atoms with van der Waals surface area (Å²) in [5.41, 5.74) is 5.51. The van der Waals surface area contributed by atoms with Crippen molar-refractivity contribution in [3.05, 3.63) is 65.0 Å². The number of carbonyl (C=O) groups is 2. The highest BCUT2D eigenvalue weighted by atomic mass is 16.2. The summed E-state index contributed by atoms with van der Waals surface area (Å²) >= 11 is 0. The predicted octanol–water partition coefficient (Wildman–Crippen LogP) is 3.42. The second-order valence-electron chi connectivity index (χ2n) is 6.31. The van der Waals surface area contributed by atoms with Crippen LogP contribution in [0.25, 0.3) is 11.0 Å². The molecule has 0 fully saturated rings. The van der Waals surface area contributed by atoms with Gasteiger partial charge in [0.05, 0.1) is 11.0 Å². The lowest BCUT2D eigenvalue weighted by atomic mass is 10.1.